The molecule has 0 saturated heterocycles. The van der Waals surface area contributed by atoms with Gasteiger partial charge in [0, 0.05) is 38.1 Å². The van der Waals surface area contributed by atoms with Gasteiger partial charge in [0.05, 0.1) is 5.52 Å². The number of aromatic nitrogens is 2. The number of para-hydroxylation sites is 2. The maximum absolute atomic E-state index is 5.77. The topological polar surface area (TPSA) is 62.3 Å². The summed E-state index contributed by atoms with van der Waals surface area (Å²) in [6.45, 7) is 1.57. The van der Waals surface area contributed by atoms with E-state index in [0.717, 1.165) is 60.6 Å². The molecule has 6 nitrogen and oxygen atoms in total. The second-order valence-corrected chi connectivity index (χ2v) is 8.09. The number of anilines is 2. The minimum absolute atomic E-state index is 0.416. The zero-order chi connectivity index (χ0) is 20.8. The summed E-state index contributed by atoms with van der Waals surface area (Å²) in [4.78, 5) is 11.6. The highest BCUT2D eigenvalue weighted by Crippen LogP contribution is 2.26. The van der Waals surface area contributed by atoms with E-state index in [1.54, 1.807) is 0 Å². The van der Waals surface area contributed by atoms with Gasteiger partial charge >= 0.3 is 0 Å². The van der Waals surface area contributed by atoms with Crippen LogP contribution in [0, 0.1) is 0 Å². The molecule has 0 spiro atoms. The van der Waals surface area contributed by atoms with E-state index in [2.05, 4.69) is 16.7 Å². The number of hydrogen-bond acceptors (Lipinski definition) is 6. The van der Waals surface area contributed by atoms with E-state index in [0.29, 0.717) is 18.7 Å². The minimum atomic E-state index is 0.416. The number of rotatable bonds is 8. The van der Waals surface area contributed by atoms with Crippen LogP contribution in [-0.4, -0.2) is 49.3 Å². The summed E-state index contributed by atoms with van der Waals surface area (Å²) in [5.41, 5.74) is 0.979. The summed E-state index contributed by atoms with van der Waals surface area (Å²) in [7, 11) is 4.05. The van der Waals surface area contributed by atoms with Crippen molar-refractivity contribution < 1.29 is 4.74 Å². The van der Waals surface area contributed by atoms with Gasteiger partial charge in [0.1, 0.15) is 18.2 Å². The summed E-state index contributed by atoms with van der Waals surface area (Å²) in [6.07, 6.45) is 4.53. The molecule has 0 aliphatic heterocycles. The van der Waals surface area contributed by atoms with Crippen LogP contribution in [0.4, 0.5) is 11.8 Å². The zero-order valence-corrected chi connectivity index (χ0v) is 17.8. The highest BCUT2D eigenvalue weighted by Gasteiger charge is 2.22. The molecule has 1 fully saturated rings. The second kappa shape index (κ2) is 9.76. The summed E-state index contributed by atoms with van der Waals surface area (Å²) in [5, 5.41) is 8.29. The van der Waals surface area contributed by atoms with Gasteiger partial charge in [0.15, 0.2) is 0 Å². The smallest absolute Gasteiger partial charge is 0.225 e. The number of nitrogens with zero attached hydrogens (tertiary/aromatic N) is 3. The largest absolute Gasteiger partial charge is 0.492 e. The van der Waals surface area contributed by atoms with E-state index in [1.165, 1.54) is 0 Å². The molecule has 0 amide bonds. The highest BCUT2D eigenvalue weighted by molar-refractivity contribution is 5.90. The Labute approximate surface area is 178 Å². The van der Waals surface area contributed by atoms with Crippen LogP contribution in [0.3, 0.4) is 0 Å². The summed E-state index contributed by atoms with van der Waals surface area (Å²) >= 11 is 0. The van der Waals surface area contributed by atoms with Crippen LogP contribution >= 0.6 is 0 Å². The molecule has 1 aliphatic carbocycles. The van der Waals surface area contributed by atoms with Crippen molar-refractivity contribution in [3.8, 4) is 5.75 Å². The molecule has 1 heterocycles. The first kappa shape index (κ1) is 20.4. The second-order valence-electron chi connectivity index (χ2n) is 8.09. The van der Waals surface area contributed by atoms with Crippen LogP contribution in [-0.2, 0) is 0 Å². The maximum atomic E-state index is 5.77. The van der Waals surface area contributed by atoms with Gasteiger partial charge in [-0.3, -0.25) is 0 Å². The third-order valence-electron chi connectivity index (χ3n) is 5.61. The number of benzene rings is 2. The molecule has 30 heavy (non-hydrogen) atoms. The average molecular weight is 406 g/mol. The highest BCUT2D eigenvalue weighted by atomic mass is 16.5. The molecule has 0 atom stereocenters. The molecule has 3 aromatic rings. The quantitative estimate of drug-likeness (QED) is 0.551. The number of ether oxygens (including phenoxy) is 1. The lowest BCUT2D eigenvalue weighted by Crippen LogP contribution is -2.38. The molecule has 0 unspecified atom stereocenters. The normalized spacial score (nSPS) is 18.9. The molecular formula is C24H31N5O. The van der Waals surface area contributed by atoms with Crippen molar-refractivity contribution in [3.05, 3.63) is 54.6 Å². The summed E-state index contributed by atoms with van der Waals surface area (Å²) in [5.74, 6) is 2.61. The fourth-order valence-electron chi connectivity index (χ4n) is 4.04. The van der Waals surface area contributed by atoms with Crippen LogP contribution in [0.5, 0.6) is 5.75 Å². The molecule has 1 aromatic heterocycles. The lowest BCUT2D eigenvalue weighted by Gasteiger charge is -2.30. The van der Waals surface area contributed by atoms with E-state index in [4.69, 9.17) is 14.7 Å². The lowest BCUT2D eigenvalue weighted by molar-refractivity contribution is 0.285. The lowest BCUT2D eigenvalue weighted by atomic mass is 9.91. The number of hydrogen-bond donors (Lipinski definition) is 2. The monoisotopic (exact) mass is 405 g/mol. The number of nitrogens with one attached hydrogen (secondary N) is 2. The molecule has 2 N–H and O–H groups in total. The summed E-state index contributed by atoms with van der Waals surface area (Å²) < 4.78 is 5.77. The van der Waals surface area contributed by atoms with Crippen molar-refractivity contribution in [1.29, 1.82) is 0 Å². The van der Waals surface area contributed by atoms with Gasteiger partial charge in [-0.15, -0.1) is 0 Å². The predicted octanol–water partition coefficient (Wildman–Crippen LogP) is 4.09. The third-order valence-corrected chi connectivity index (χ3v) is 5.61. The Morgan fingerprint density at radius 1 is 0.900 bits per heavy atom. The van der Waals surface area contributed by atoms with Crippen molar-refractivity contribution in [3.63, 3.8) is 0 Å². The Kier molecular flexibility index (Phi) is 6.64. The molecule has 2 aromatic carbocycles. The van der Waals surface area contributed by atoms with Crippen LogP contribution in [0.2, 0.25) is 0 Å². The summed E-state index contributed by atoms with van der Waals surface area (Å²) in [6, 6.07) is 19.1. The first-order valence-corrected chi connectivity index (χ1v) is 10.8. The number of fused-ring (bicyclic) bond motifs is 1. The van der Waals surface area contributed by atoms with Crippen molar-refractivity contribution in [1.82, 2.24) is 15.3 Å². The Bertz CT molecular complexity index is 939. The molecule has 158 valence electrons. The fourth-order valence-corrected chi connectivity index (χ4v) is 4.04. The van der Waals surface area contributed by atoms with Gasteiger partial charge in [-0.1, -0.05) is 30.3 Å². The third kappa shape index (κ3) is 5.19. The average Bonchev–Trinajstić information content (AvgIpc) is 2.78. The van der Waals surface area contributed by atoms with E-state index in [9.17, 15) is 0 Å². The molecular weight excluding hydrogens is 374 g/mol. The molecule has 0 bridgehead atoms. The van der Waals surface area contributed by atoms with Crippen molar-refractivity contribution in [2.45, 2.75) is 37.8 Å². The molecule has 1 saturated carbocycles. The fraction of sp³-hybridized carbons (Fsp3) is 0.417. The van der Waals surface area contributed by atoms with Gasteiger partial charge in [-0.2, -0.15) is 4.98 Å². The van der Waals surface area contributed by atoms with E-state index >= 15 is 0 Å². The van der Waals surface area contributed by atoms with Crippen molar-refractivity contribution in [2.24, 2.45) is 0 Å². The van der Waals surface area contributed by atoms with Gasteiger partial charge < -0.3 is 20.3 Å². The van der Waals surface area contributed by atoms with E-state index in [-0.39, 0.29) is 0 Å². The standard InChI is InChI=1S/C24H31N5O/c1-29(2)23-21-10-6-7-11-22(21)27-24(28-23)26-19-14-12-18(13-15-19)25-16-17-30-20-8-4-3-5-9-20/h3-11,18-19,25H,12-17H2,1-2H3,(H,26,27,28)/t18-,19+. The van der Waals surface area contributed by atoms with Crippen molar-refractivity contribution >= 4 is 22.7 Å². The maximum Gasteiger partial charge on any atom is 0.225 e. The van der Waals surface area contributed by atoms with Crippen molar-refractivity contribution in [2.75, 3.05) is 37.5 Å². The van der Waals surface area contributed by atoms with Crippen LogP contribution in [0.1, 0.15) is 25.7 Å². The Hall–Kier alpha value is -2.86. The Morgan fingerprint density at radius 2 is 1.60 bits per heavy atom. The van der Waals surface area contributed by atoms with E-state index in [1.807, 2.05) is 67.5 Å². The van der Waals surface area contributed by atoms with Gasteiger partial charge in [-0.05, 0) is 49.9 Å². The first-order chi connectivity index (χ1) is 14.7. The Morgan fingerprint density at radius 3 is 2.37 bits per heavy atom. The molecule has 0 radical (unpaired) electrons. The Balaban J connectivity index is 1.26. The SMILES string of the molecule is CN(C)c1nc(N[C@H]2CC[C@@H](NCCOc3ccccc3)CC2)nc2ccccc12. The predicted molar refractivity (Wildman–Crippen MR) is 123 cm³/mol. The van der Waals surface area contributed by atoms with Gasteiger partial charge in [0.25, 0.3) is 0 Å². The molecule has 4 rings (SSSR count). The minimum Gasteiger partial charge on any atom is -0.492 e. The zero-order valence-electron chi connectivity index (χ0n) is 17.8. The van der Waals surface area contributed by atoms with Crippen LogP contribution in [0.15, 0.2) is 54.6 Å². The van der Waals surface area contributed by atoms with Gasteiger partial charge in [0.2, 0.25) is 5.95 Å². The van der Waals surface area contributed by atoms with E-state index < -0.39 is 0 Å². The van der Waals surface area contributed by atoms with Crippen LogP contribution in [0.25, 0.3) is 10.9 Å². The van der Waals surface area contributed by atoms with Gasteiger partial charge in [-0.25, -0.2) is 4.98 Å². The molecule has 1 aliphatic rings. The van der Waals surface area contributed by atoms with Crippen LogP contribution < -0.4 is 20.3 Å². The first-order valence-electron chi connectivity index (χ1n) is 10.8. The molecule has 6 heteroatoms.